The molecule has 59 heavy (non-hydrogen) atoms. The second kappa shape index (κ2) is 13.4. The summed E-state index contributed by atoms with van der Waals surface area (Å²) in [5.74, 6) is 0. The van der Waals surface area contributed by atoms with Crippen LogP contribution >= 0.6 is 0 Å². The van der Waals surface area contributed by atoms with Crippen molar-refractivity contribution in [2.75, 3.05) is 4.90 Å². The third-order valence-electron chi connectivity index (χ3n) is 12.0. The van der Waals surface area contributed by atoms with E-state index in [2.05, 4.69) is 222 Å². The molecule has 0 aliphatic heterocycles. The Bertz CT molecular complexity index is 3540. The zero-order chi connectivity index (χ0) is 38.9. The number of para-hydroxylation sites is 3. The number of furan rings is 1. The second-order valence-corrected chi connectivity index (χ2v) is 15.3. The highest BCUT2D eigenvalue weighted by molar-refractivity contribution is 6.17. The molecule has 276 valence electrons. The van der Waals surface area contributed by atoms with Crippen LogP contribution in [0.5, 0.6) is 0 Å². The number of hydrogen-bond donors (Lipinski definition) is 0. The van der Waals surface area contributed by atoms with E-state index in [1.54, 1.807) is 0 Å². The van der Waals surface area contributed by atoms with E-state index < -0.39 is 0 Å². The van der Waals surface area contributed by atoms with Gasteiger partial charge in [-0.2, -0.15) is 0 Å². The molecule has 0 saturated heterocycles. The van der Waals surface area contributed by atoms with E-state index in [1.807, 2.05) is 6.07 Å². The summed E-state index contributed by atoms with van der Waals surface area (Å²) in [4.78, 5) is 2.38. The van der Waals surface area contributed by atoms with Gasteiger partial charge >= 0.3 is 0 Å². The van der Waals surface area contributed by atoms with Crippen molar-refractivity contribution in [3.8, 4) is 27.9 Å². The normalized spacial score (nSPS) is 11.7. The molecule has 2 aromatic heterocycles. The van der Waals surface area contributed by atoms with Gasteiger partial charge in [0, 0.05) is 38.3 Å². The Balaban J connectivity index is 1.00. The molecule has 2 heterocycles. The van der Waals surface area contributed by atoms with Crippen molar-refractivity contribution in [3.63, 3.8) is 0 Å². The largest absolute Gasteiger partial charge is 0.454 e. The Morgan fingerprint density at radius 2 is 0.932 bits per heavy atom. The van der Waals surface area contributed by atoms with Crippen LogP contribution in [0.25, 0.3) is 93.2 Å². The molecule has 0 amide bonds. The first-order chi connectivity index (χ1) is 29.3. The maximum absolute atomic E-state index is 6.69. The average molecular weight is 753 g/mol. The van der Waals surface area contributed by atoms with E-state index in [4.69, 9.17) is 4.42 Å². The Kier molecular flexibility index (Phi) is 7.54. The van der Waals surface area contributed by atoms with Crippen LogP contribution in [0.4, 0.5) is 17.1 Å². The quantitative estimate of drug-likeness (QED) is 0.158. The van der Waals surface area contributed by atoms with Crippen molar-refractivity contribution in [3.05, 3.63) is 218 Å². The van der Waals surface area contributed by atoms with Crippen molar-refractivity contribution in [1.29, 1.82) is 0 Å². The van der Waals surface area contributed by atoms with Crippen LogP contribution in [-0.2, 0) is 0 Å². The molecule has 12 rings (SSSR count). The molecule has 3 nitrogen and oxygen atoms in total. The van der Waals surface area contributed by atoms with Gasteiger partial charge in [0.05, 0.1) is 22.4 Å². The van der Waals surface area contributed by atoms with Gasteiger partial charge in [0.2, 0.25) is 0 Å². The lowest BCUT2D eigenvalue weighted by Gasteiger charge is -2.27. The SMILES string of the molecule is c1ccc(-c2ccc(-n3c4ccccc4c4cc(-c5ccc(N(c6cc7ccccc7c7ccccc67)c6cccc7c6oc6ccccc67)cc5)ccc43)cc2)cc1. The summed E-state index contributed by atoms with van der Waals surface area (Å²) < 4.78 is 9.08. The molecule has 0 N–H and O–H groups in total. The van der Waals surface area contributed by atoms with Crippen LogP contribution < -0.4 is 4.90 Å². The number of fused-ring (bicyclic) bond motifs is 9. The summed E-state index contributed by atoms with van der Waals surface area (Å²) in [5, 5.41) is 9.52. The average Bonchev–Trinajstić information content (AvgIpc) is 3.86. The van der Waals surface area contributed by atoms with Crippen molar-refractivity contribution in [1.82, 2.24) is 4.57 Å². The minimum Gasteiger partial charge on any atom is -0.454 e. The van der Waals surface area contributed by atoms with Gasteiger partial charge in [-0.25, -0.2) is 0 Å². The van der Waals surface area contributed by atoms with Gasteiger partial charge < -0.3 is 13.9 Å². The first-order valence-corrected chi connectivity index (χ1v) is 20.2. The maximum atomic E-state index is 6.69. The second-order valence-electron chi connectivity index (χ2n) is 15.3. The summed E-state index contributed by atoms with van der Waals surface area (Å²) in [5.41, 5.74) is 13.2. The Hall–Kier alpha value is -7.88. The Labute approximate surface area is 341 Å². The fourth-order valence-corrected chi connectivity index (χ4v) is 9.20. The molecule has 0 unspecified atom stereocenters. The predicted octanol–water partition coefficient (Wildman–Crippen LogP) is 15.8. The summed E-state index contributed by atoms with van der Waals surface area (Å²) >= 11 is 0. The molecule has 0 bridgehead atoms. The molecule has 0 aliphatic carbocycles. The smallest absolute Gasteiger partial charge is 0.159 e. The summed E-state index contributed by atoms with van der Waals surface area (Å²) in [6.45, 7) is 0. The first kappa shape index (κ1) is 33.3. The number of hydrogen-bond acceptors (Lipinski definition) is 2. The van der Waals surface area contributed by atoms with Crippen LogP contribution in [0.2, 0.25) is 0 Å². The highest BCUT2D eigenvalue weighted by Crippen LogP contribution is 2.46. The lowest BCUT2D eigenvalue weighted by molar-refractivity contribution is 0.669. The zero-order valence-corrected chi connectivity index (χ0v) is 32.1. The number of rotatable bonds is 6. The molecule has 3 heteroatoms. The molecular formula is C56H36N2O. The van der Waals surface area contributed by atoms with Crippen LogP contribution in [-0.4, -0.2) is 4.57 Å². The van der Waals surface area contributed by atoms with Gasteiger partial charge in [0.25, 0.3) is 0 Å². The highest BCUT2D eigenvalue weighted by atomic mass is 16.3. The topological polar surface area (TPSA) is 21.3 Å². The number of benzene rings is 10. The fourth-order valence-electron chi connectivity index (χ4n) is 9.20. The minimum atomic E-state index is 0.867. The fraction of sp³-hybridized carbons (Fsp3) is 0. The Morgan fingerprint density at radius 3 is 1.76 bits per heavy atom. The monoisotopic (exact) mass is 752 g/mol. The minimum absolute atomic E-state index is 0.867. The zero-order valence-electron chi connectivity index (χ0n) is 32.1. The summed E-state index contributed by atoms with van der Waals surface area (Å²) in [6, 6.07) is 78.7. The van der Waals surface area contributed by atoms with Crippen LogP contribution in [0, 0.1) is 0 Å². The maximum Gasteiger partial charge on any atom is 0.159 e. The van der Waals surface area contributed by atoms with Crippen molar-refractivity contribution >= 4 is 82.4 Å². The first-order valence-electron chi connectivity index (χ1n) is 20.2. The van der Waals surface area contributed by atoms with Crippen molar-refractivity contribution < 1.29 is 4.42 Å². The van der Waals surface area contributed by atoms with Gasteiger partial charge in [-0.3, -0.25) is 0 Å². The third kappa shape index (κ3) is 5.36. The van der Waals surface area contributed by atoms with Crippen molar-refractivity contribution in [2.24, 2.45) is 0 Å². The van der Waals surface area contributed by atoms with Gasteiger partial charge in [0.15, 0.2) is 5.58 Å². The van der Waals surface area contributed by atoms with E-state index in [1.165, 1.54) is 60.0 Å². The van der Waals surface area contributed by atoms with Gasteiger partial charge in [-0.15, -0.1) is 0 Å². The molecule has 0 atom stereocenters. The molecule has 12 aromatic rings. The lowest BCUT2D eigenvalue weighted by Crippen LogP contribution is -2.11. The van der Waals surface area contributed by atoms with E-state index in [-0.39, 0.29) is 0 Å². The van der Waals surface area contributed by atoms with Gasteiger partial charge in [0.1, 0.15) is 5.58 Å². The van der Waals surface area contributed by atoms with Crippen LogP contribution in [0.3, 0.4) is 0 Å². The lowest BCUT2D eigenvalue weighted by atomic mass is 9.98. The van der Waals surface area contributed by atoms with Gasteiger partial charge in [-0.05, 0) is 99.1 Å². The molecule has 0 radical (unpaired) electrons. The number of anilines is 3. The molecule has 0 fully saturated rings. The van der Waals surface area contributed by atoms with Crippen LogP contribution in [0.15, 0.2) is 223 Å². The van der Waals surface area contributed by atoms with E-state index in [0.717, 1.165) is 50.3 Å². The molecule has 0 aliphatic rings. The van der Waals surface area contributed by atoms with Crippen LogP contribution in [0.1, 0.15) is 0 Å². The van der Waals surface area contributed by atoms with E-state index in [0.29, 0.717) is 0 Å². The predicted molar refractivity (Wildman–Crippen MR) is 249 cm³/mol. The standard InChI is InChI=1S/C56H36N2O/c1-2-13-37(14-3-1)38-25-30-42(31-26-38)57-51-22-10-8-19-47(51)50-35-40(29-34-52(50)57)39-27-32-43(33-28-39)58(53-23-12-21-49-48-20-9-11-24-55(48)59-56(49)53)54-36-41-15-4-5-16-44(41)45-17-6-7-18-46(45)54/h1-36H. The molecular weight excluding hydrogens is 717 g/mol. The van der Waals surface area contributed by atoms with E-state index in [9.17, 15) is 0 Å². The number of nitrogens with zero attached hydrogens (tertiary/aromatic N) is 2. The molecule has 10 aromatic carbocycles. The summed E-state index contributed by atoms with van der Waals surface area (Å²) in [6.07, 6.45) is 0. The molecule has 0 spiro atoms. The van der Waals surface area contributed by atoms with Gasteiger partial charge in [-0.1, -0.05) is 158 Å². The third-order valence-corrected chi connectivity index (χ3v) is 12.0. The highest BCUT2D eigenvalue weighted by Gasteiger charge is 2.22. The van der Waals surface area contributed by atoms with E-state index >= 15 is 0 Å². The number of aromatic nitrogens is 1. The summed E-state index contributed by atoms with van der Waals surface area (Å²) in [7, 11) is 0. The van der Waals surface area contributed by atoms with Crippen molar-refractivity contribution in [2.45, 2.75) is 0 Å². The molecule has 0 saturated carbocycles. The Morgan fingerprint density at radius 1 is 0.339 bits per heavy atom.